The van der Waals surface area contributed by atoms with Crippen LogP contribution in [0.15, 0.2) is 0 Å². The number of aliphatic hydroxyl groups is 1. The van der Waals surface area contributed by atoms with Crippen molar-refractivity contribution in [2.75, 3.05) is 13.2 Å². The third-order valence-electron chi connectivity index (χ3n) is 8.55. The largest absolute Gasteiger partial charge is 0.391 e. The molecule has 5 saturated carbocycles. The molecular weight excluding hydrogens is 463 g/mol. The number of carbonyl (C=O) groups is 2. The average molecular weight is 503 g/mol. The second-order valence-corrected chi connectivity index (χ2v) is 11.8. The molecule has 0 spiro atoms. The van der Waals surface area contributed by atoms with E-state index in [2.05, 4.69) is 17.6 Å². The third kappa shape index (κ3) is 6.23. The van der Waals surface area contributed by atoms with Crippen molar-refractivity contribution in [3.05, 3.63) is 0 Å². The third-order valence-corrected chi connectivity index (χ3v) is 9.04. The summed E-state index contributed by atoms with van der Waals surface area (Å²) in [5.74, 6) is 0.216. The molecule has 5 aliphatic rings. The maximum absolute atomic E-state index is 13.8. The molecule has 0 aliphatic heterocycles. The molecule has 5 aliphatic carbocycles. The van der Waals surface area contributed by atoms with E-state index in [9.17, 15) is 19.1 Å². The summed E-state index contributed by atoms with van der Waals surface area (Å²) in [7, 11) is 0. The molecule has 0 aromatic rings. The number of alkyl halides is 2. The highest BCUT2D eigenvalue weighted by molar-refractivity contribution is 6.21. The summed E-state index contributed by atoms with van der Waals surface area (Å²) < 4.78 is 25.3. The van der Waals surface area contributed by atoms with Crippen LogP contribution in [-0.4, -0.2) is 71.1 Å². The summed E-state index contributed by atoms with van der Waals surface area (Å²) >= 11 is 5.91. The van der Waals surface area contributed by atoms with Gasteiger partial charge in [-0.05, 0) is 63.7 Å². The fraction of sp³-hybridized carbons (Fsp3) is 0.920. The summed E-state index contributed by atoms with van der Waals surface area (Å²) in [4.78, 5) is 25.2. The van der Waals surface area contributed by atoms with Gasteiger partial charge in [0.2, 0.25) is 11.8 Å². The topological polar surface area (TPSA) is 96.9 Å². The van der Waals surface area contributed by atoms with Crippen molar-refractivity contribution in [3.63, 3.8) is 0 Å². The summed E-state index contributed by atoms with van der Waals surface area (Å²) in [6.07, 6.45) is 6.74. The minimum absolute atomic E-state index is 0.0554. The van der Waals surface area contributed by atoms with Crippen molar-refractivity contribution in [3.8, 4) is 0 Å². The molecule has 0 aromatic carbocycles. The summed E-state index contributed by atoms with van der Waals surface area (Å²) in [6.45, 7) is 2.12. The van der Waals surface area contributed by atoms with E-state index in [1.165, 1.54) is 6.42 Å². The van der Waals surface area contributed by atoms with Gasteiger partial charge in [0.25, 0.3) is 0 Å². The molecule has 2 bridgehead atoms. The number of hydrogen-bond acceptors (Lipinski definition) is 5. The average Bonchev–Trinajstić information content (AvgIpc) is 2.80. The highest BCUT2D eigenvalue weighted by Crippen LogP contribution is 2.47. The van der Waals surface area contributed by atoms with Gasteiger partial charge in [-0.15, -0.1) is 11.6 Å². The Morgan fingerprint density at radius 1 is 0.971 bits per heavy atom. The first-order chi connectivity index (χ1) is 16.2. The Kier molecular flexibility index (Phi) is 8.43. The van der Waals surface area contributed by atoms with Gasteiger partial charge in [-0.3, -0.25) is 9.59 Å². The second kappa shape index (κ2) is 11.0. The Hall–Kier alpha value is -0.960. The van der Waals surface area contributed by atoms with E-state index >= 15 is 0 Å². The zero-order valence-electron chi connectivity index (χ0n) is 20.2. The number of halogens is 2. The van der Waals surface area contributed by atoms with Crippen molar-refractivity contribution >= 4 is 23.4 Å². The molecule has 3 N–H and O–H groups in total. The molecule has 9 heteroatoms. The molecule has 5 fully saturated rings. The number of fused-ring (bicyclic) bond motifs is 3. The van der Waals surface area contributed by atoms with Gasteiger partial charge in [0, 0.05) is 12.0 Å². The normalized spacial score (nSPS) is 42.2. The minimum Gasteiger partial charge on any atom is -0.391 e. The molecule has 7 nitrogen and oxygen atoms in total. The molecule has 194 valence electrons. The van der Waals surface area contributed by atoms with Crippen molar-refractivity contribution in [2.24, 2.45) is 5.92 Å². The Labute approximate surface area is 206 Å². The van der Waals surface area contributed by atoms with Crippen LogP contribution in [-0.2, 0) is 19.1 Å². The van der Waals surface area contributed by atoms with Gasteiger partial charge in [-0.25, -0.2) is 4.39 Å². The van der Waals surface area contributed by atoms with Crippen LogP contribution >= 0.6 is 11.6 Å². The minimum atomic E-state index is -1.11. The fourth-order valence-corrected chi connectivity index (χ4v) is 6.65. The first-order valence-corrected chi connectivity index (χ1v) is 13.4. The van der Waals surface area contributed by atoms with Crippen LogP contribution in [0.25, 0.3) is 0 Å². The second-order valence-electron chi connectivity index (χ2n) is 11.2. The van der Waals surface area contributed by atoms with Crippen molar-refractivity contribution in [1.29, 1.82) is 0 Å². The van der Waals surface area contributed by atoms with E-state index in [1.807, 2.05) is 0 Å². The monoisotopic (exact) mass is 502 g/mol. The Morgan fingerprint density at radius 2 is 1.62 bits per heavy atom. The van der Waals surface area contributed by atoms with Crippen LogP contribution in [0.5, 0.6) is 0 Å². The van der Waals surface area contributed by atoms with Crippen molar-refractivity contribution in [2.45, 2.75) is 125 Å². The van der Waals surface area contributed by atoms with Crippen LogP contribution in [0.1, 0.15) is 84.0 Å². The summed E-state index contributed by atoms with van der Waals surface area (Å²) in [5.41, 5.74) is -1.14. The fourth-order valence-electron chi connectivity index (χ4n) is 6.42. The maximum Gasteiger partial charge on any atom is 0.246 e. The lowest BCUT2D eigenvalue weighted by Crippen LogP contribution is -2.70. The molecule has 34 heavy (non-hydrogen) atoms. The smallest absolute Gasteiger partial charge is 0.246 e. The van der Waals surface area contributed by atoms with Gasteiger partial charge in [-0.2, -0.15) is 0 Å². The van der Waals surface area contributed by atoms with E-state index in [4.69, 9.17) is 21.1 Å². The molecule has 0 aromatic heterocycles. The standard InChI is InChI=1S/C25H40ClFN2O5/c1-16-3-2-4-17(11-16)33-14-22(31)28-24-7-9-25(10-8-24,21(30)13-24)29-23(32)15-34-18-5-6-19(26)20(27)12-18/h16-21,30H,2-15H2,1H3,(H,28,31)(H,29,32)/t16?,17?,18?,19?,20?,21-,24?,25?/m0/s1. The molecule has 0 radical (unpaired) electrons. The number of rotatable bonds is 8. The van der Waals surface area contributed by atoms with Crippen molar-refractivity contribution in [1.82, 2.24) is 10.6 Å². The molecule has 0 saturated heterocycles. The highest BCUT2D eigenvalue weighted by atomic mass is 35.5. The molecule has 6 atom stereocenters. The SMILES string of the molecule is CC1CCCC(OCC(=O)NC23CCC(NC(=O)COC4CCC(Cl)C(F)C4)(CC2)[C@@H](O)C3)C1. The van der Waals surface area contributed by atoms with Crippen LogP contribution in [0.3, 0.4) is 0 Å². The number of hydrogen-bond donors (Lipinski definition) is 3. The lowest BCUT2D eigenvalue weighted by atomic mass is 9.60. The lowest BCUT2D eigenvalue weighted by molar-refractivity contribution is -0.142. The van der Waals surface area contributed by atoms with Gasteiger partial charge in [0.1, 0.15) is 19.4 Å². The van der Waals surface area contributed by atoms with Crippen LogP contribution in [0.4, 0.5) is 4.39 Å². The van der Waals surface area contributed by atoms with Crippen LogP contribution in [0.2, 0.25) is 0 Å². The first kappa shape index (κ1) is 26.1. The van der Waals surface area contributed by atoms with E-state index in [1.54, 1.807) is 0 Å². The summed E-state index contributed by atoms with van der Waals surface area (Å²) in [5, 5.41) is 16.6. The number of carbonyl (C=O) groups excluding carboxylic acids is 2. The molecule has 2 amide bonds. The Bertz CT molecular complexity index is 732. The summed E-state index contributed by atoms with van der Waals surface area (Å²) in [6, 6.07) is 0. The van der Waals surface area contributed by atoms with Crippen LogP contribution < -0.4 is 10.6 Å². The number of nitrogens with one attached hydrogen (secondary N) is 2. The van der Waals surface area contributed by atoms with E-state index in [-0.39, 0.29) is 43.7 Å². The van der Waals surface area contributed by atoms with Gasteiger partial charge in [0.05, 0.1) is 29.2 Å². The highest BCUT2D eigenvalue weighted by Gasteiger charge is 2.55. The van der Waals surface area contributed by atoms with E-state index in [0.717, 1.165) is 19.3 Å². The van der Waals surface area contributed by atoms with Gasteiger partial charge in [0.15, 0.2) is 0 Å². The van der Waals surface area contributed by atoms with Gasteiger partial charge in [-0.1, -0.05) is 19.8 Å². The molecular formula is C25H40ClFN2O5. The quantitative estimate of drug-likeness (QED) is 0.443. The Morgan fingerprint density at radius 3 is 2.24 bits per heavy atom. The number of aliphatic hydroxyl groups excluding tert-OH is 1. The zero-order valence-corrected chi connectivity index (χ0v) is 21.0. The predicted octanol–water partition coefficient (Wildman–Crippen LogP) is 3.14. The predicted molar refractivity (Wildman–Crippen MR) is 126 cm³/mol. The Balaban J connectivity index is 1.21. The van der Waals surface area contributed by atoms with Gasteiger partial charge < -0.3 is 25.2 Å². The maximum atomic E-state index is 13.8. The molecule has 0 heterocycles. The lowest BCUT2D eigenvalue weighted by Gasteiger charge is -2.56. The van der Waals surface area contributed by atoms with Crippen molar-refractivity contribution < 1.29 is 28.6 Å². The number of amides is 2. The molecule has 5 unspecified atom stereocenters. The van der Waals surface area contributed by atoms with Gasteiger partial charge >= 0.3 is 0 Å². The number of ether oxygens (including phenoxy) is 2. The first-order valence-electron chi connectivity index (χ1n) is 13.0. The molecule has 5 rings (SSSR count). The van der Waals surface area contributed by atoms with Crippen LogP contribution in [0, 0.1) is 5.92 Å². The van der Waals surface area contributed by atoms with E-state index < -0.39 is 28.7 Å². The van der Waals surface area contributed by atoms with E-state index in [0.29, 0.717) is 50.9 Å². The zero-order chi connectivity index (χ0) is 24.3.